The number of amides is 2. The largest absolute Gasteiger partial charge is 0.465 e. The summed E-state index contributed by atoms with van der Waals surface area (Å²) in [6, 6.07) is 12.6. The molecule has 0 unspecified atom stereocenters. The number of hydrogen-bond acceptors (Lipinski definition) is 6. The second-order valence-electron chi connectivity index (χ2n) is 7.74. The lowest BCUT2D eigenvalue weighted by Gasteiger charge is -2.11. The van der Waals surface area contributed by atoms with Gasteiger partial charge in [0.25, 0.3) is 11.1 Å². The molecule has 0 bridgehead atoms. The van der Waals surface area contributed by atoms with E-state index < -0.39 is 11.1 Å². The Labute approximate surface area is 208 Å². The summed E-state index contributed by atoms with van der Waals surface area (Å²) in [6.07, 6.45) is 3.37. The molecule has 0 aliphatic carbocycles. The lowest BCUT2D eigenvalue weighted by molar-refractivity contribution is -0.143. The smallest absolute Gasteiger partial charge is 0.325 e. The van der Waals surface area contributed by atoms with E-state index in [-0.39, 0.29) is 36.4 Å². The number of nitrogens with zero attached hydrogens (tertiary/aromatic N) is 2. The topological polar surface area (TPSA) is 85.7 Å². The maximum absolute atomic E-state index is 13.0. The van der Waals surface area contributed by atoms with Crippen molar-refractivity contribution < 1.29 is 23.9 Å². The summed E-state index contributed by atoms with van der Waals surface area (Å²) in [7, 11) is 0. The number of carbonyl (C=O) groups excluding carboxylic acids is 4. The zero-order valence-electron chi connectivity index (χ0n) is 18.5. The lowest BCUT2D eigenvalue weighted by atomic mass is 10.1. The summed E-state index contributed by atoms with van der Waals surface area (Å²) in [5.74, 6) is -1.20. The zero-order chi connectivity index (χ0) is 24.4. The first-order valence-corrected chi connectivity index (χ1v) is 12.2. The number of esters is 1. The molecule has 174 valence electrons. The van der Waals surface area contributed by atoms with Gasteiger partial charge in [-0.15, -0.1) is 0 Å². The molecule has 0 radical (unpaired) electrons. The number of aromatic nitrogens is 1. The highest BCUT2D eigenvalue weighted by atomic mass is 79.9. The van der Waals surface area contributed by atoms with Crippen LogP contribution in [-0.2, 0) is 20.9 Å². The summed E-state index contributed by atoms with van der Waals surface area (Å²) in [4.78, 5) is 51.4. The molecule has 0 atom stereocenters. The molecule has 0 saturated carbocycles. The average Bonchev–Trinajstić information content (AvgIpc) is 3.25. The van der Waals surface area contributed by atoms with Crippen LogP contribution in [0.25, 0.3) is 17.0 Å². The molecule has 2 aromatic carbocycles. The van der Waals surface area contributed by atoms with Crippen LogP contribution in [0.15, 0.2) is 58.0 Å². The van der Waals surface area contributed by atoms with E-state index >= 15 is 0 Å². The molecule has 2 heterocycles. The number of halogens is 1. The van der Waals surface area contributed by atoms with E-state index in [0.717, 1.165) is 37.6 Å². The number of fused-ring (bicyclic) bond motifs is 1. The van der Waals surface area contributed by atoms with Crippen molar-refractivity contribution in [3.05, 3.63) is 74.7 Å². The van der Waals surface area contributed by atoms with Crippen molar-refractivity contribution in [2.75, 3.05) is 13.2 Å². The molecule has 1 aromatic heterocycles. The standard InChI is InChI=1S/C25H21BrN2O5S/c1-3-33-23(30)14-27-12-17(19-11-18(26)8-9-20(19)27)10-22-24(31)28(25(32)34-22)13-21(29)16-6-4-15(2)5-7-16/h4-12H,3,13-14H2,1-2H3/b22-10-. The van der Waals surface area contributed by atoms with Crippen LogP contribution in [0.1, 0.15) is 28.4 Å². The van der Waals surface area contributed by atoms with Crippen molar-refractivity contribution in [2.45, 2.75) is 20.4 Å². The molecular formula is C25H21BrN2O5S. The third-order valence-corrected chi connectivity index (χ3v) is 6.71. The Kier molecular flexibility index (Phi) is 7.04. The van der Waals surface area contributed by atoms with Gasteiger partial charge >= 0.3 is 5.97 Å². The highest BCUT2D eigenvalue weighted by Crippen LogP contribution is 2.35. The highest BCUT2D eigenvalue weighted by molar-refractivity contribution is 9.10. The lowest BCUT2D eigenvalue weighted by Crippen LogP contribution is -2.33. The number of Topliss-reactive ketones (excluding diaryl/α,β-unsaturated/α-hetero) is 1. The summed E-state index contributed by atoms with van der Waals surface area (Å²) in [5.41, 5.74) is 2.92. The molecule has 1 saturated heterocycles. The quantitative estimate of drug-likeness (QED) is 0.233. The van der Waals surface area contributed by atoms with Crippen molar-refractivity contribution in [3.63, 3.8) is 0 Å². The second kappa shape index (κ2) is 9.99. The predicted octanol–water partition coefficient (Wildman–Crippen LogP) is 5.19. The fraction of sp³-hybridized carbons (Fsp3) is 0.200. The summed E-state index contributed by atoms with van der Waals surface area (Å²) in [6.45, 7) is 3.64. The Morgan fingerprint density at radius 2 is 1.82 bits per heavy atom. The van der Waals surface area contributed by atoms with Gasteiger partial charge in [-0.2, -0.15) is 0 Å². The van der Waals surface area contributed by atoms with E-state index in [0.29, 0.717) is 11.1 Å². The SMILES string of the molecule is CCOC(=O)Cn1cc(/C=C2\SC(=O)N(CC(=O)c3ccc(C)cc3)C2=O)c2cc(Br)ccc21. The Bertz CT molecular complexity index is 1340. The average molecular weight is 541 g/mol. The minimum atomic E-state index is -0.517. The first kappa shape index (κ1) is 24.0. The molecule has 1 aliphatic heterocycles. The number of ketones is 1. The van der Waals surface area contributed by atoms with E-state index in [1.54, 1.807) is 35.9 Å². The number of hydrogen-bond donors (Lipinski definition) is 0. The molecule has 34 heavy (non-hydrogen) atoms. The van der Waals surface area contributed by atoms with Crippen molar-refractivity contribution in [1.29, 1.82) is 0 Å². The molecule has 9 heteroatoms. The van der Waals surface area contributed by atoms with E-state index in [9.17, 15) is 19.2 Å². The number of ether oxygens (including phenoxy) is 1. The predicted molar refractivity (Wildman–Crippen MR) is 134 cm³/mol. The van der Waals surface area contributed by atoms with Gasteiger partial charge in [-0.3, -0.25) is 24.1 Å². The van der Waals surface area contributed by atoms with Gasteiger partial charge in [-0.25, -0.2) is 0 Å². The van der Waals surface area contributed by atoms with Crippen LogP contribution >= 0.6 is 27.7 Å². The fourth-order valence-corrected chi connectivity index (χ4v) is 4.83. The fourth-order valence-electron chi connectivity index (χ4n) is 3.64. The number of imide groups is 1. The van der Waals surface area contributed by atoms with Crippen LogP contribution in [0.4, 0.5) is 4.79 Å². The molecule has 2 amide bonds. The van der Waals surface area contributed by atoms with Crippen LogP contribution in [-0.4, -0.2) is 45.5 Å². The summed E-state index contributed by atoms with van der Waals surface area (Å²) >= 11 is 4.25. The van der Waals surface area contributed by atoms with Crippen molar-refractivity contribution in [2.24, 2.45) is 0 Å². The molecule has 1 aliphatic rings. The van der Waals surface area contributed by atoms with Gasteiger partial charge in [-0.05, 0) is 49.9 Å². The van der Waals surface area contributed by atoms with Crippen molar-refractivity contribution in [3.8, 4) is 0 Å². The molecule has 3 aromatic rings. The van der Waals surface area contributed by atoms with Gasteiger partial charge < -0.3 is 9.30 Å². The number of benzene rings is 2. The Morgan fingerprint density at radius 1 is 1.09 bits per heavy atom. The molecule has 4 rings (SSSR count). The second-order valence-corrected chi connectivity index (χ2v) is 9.64. The summed E-state index contributed by atoms with van der Waals surface area (Å²) < 4.78 is 7.64. The normalized spacial score (nSPS) is 14.9. The highest BCUT2D eigenvalue weighted by Gasteiger charge is 2.36. The minimum Gasteiger partial charge on any atom is -0.465 e. The Hall–Kier alpha value is -3.17. The molecule has 1 fully saturated rings. The van der Waals surface area contributed by atoms with Gasteiger partial charge in [-0.1, -0.05) is 45.8 Å². The first-order chi connectivity index (χ1) is 16.3. The Balaban J connectivity index is 1.62. The maximum Gasteiger partial charge on any atom is 0.325 e. The monoisotopic (exact) mass is 540 g/mol. The molecular weight excluding hydrogens is 520 g/mol. The van der Waals surface area contributed by atoms with Gasteiger partial charge in [0, 0.05) is 32.7 Å². The van der Waals surface area contributed by atoms with Crippen LogP contribution in [0, 0.1) is 6.92 Å². The third-order valence-electron chi connectivity index (χ3n) is 5.31. The zero-order valence-corrected chi connectivity index (χ0v) is 20.9. The van der Waals surface area contributed by atoms with Gasteiger partial charge in [0.15, 0.2) is 5.78 Å². The van der Waals surface area contributed by atoms with Crippen LogP contribution in [0.2, 0.25) is 0 Å². The van der Waals surface area contributed by atoms with Crippen molar-refractivity contribution in [1.82, 2.24) is 9.47 Å². The van der Waals surface area contributed by atoms with E-state index in [2.05, 4.69) is 15.9 Å². The number of aryl methyl sites for hydroxylation is 1. The minimum absolute atomic E-state index is 0.0202. The molecule has 0 N–H and O–H groups in total. The third kappa shape index (κ3) is 5.00. The number of rotatable bonds is 7. The van der Waals surface area contributed by atoms with Gasteiger partial charge in [0.05, 0.1) is 18.1 Å². The van der Waals surface area contributed by atoms with Gasteiger partial charge in [0.1, 0.15) is 6.54 Å². The number of carbonyl (C=O) groups is 4. The van der Waals surface area contributed by atoms with Crippen LogP contribution in [0.5, 0.6) is 0 Å². The van der Waals surface area contributed by atoms with Crippen molar-refractivity contribution >= 4 is 67.6 Å². The maximum atomic E-state index is 13.0. The van der Waals surface area contributed by atoms with E-state index in [4.69, 9.17) is 4.74 Å². The number of thioether (sulfide) groups is 1. The summed E-state index contributed by atoms with van der Waals surface area (Å²) in [5, 5.41) is 0.314. The van der Waals surface area contributed by atoms with E-state index in [1.165, 1.54) is 0 Å². The molecule has 7 nitrogen and oxygen atoms in total. The molecule has 0 spiro atoms. The van der Waals surface area contributed by atoms with Gasteiger partial charge in [0.2, 0.25) is 0 Å². The Morgan fingerprint density at radius 3 is 2.53 bits per heavy atom. The van der Waals surface area contributed by atoms with E-state index in [1.807, 2.05) is 37.3 Å². The first-order valence-electron chi connectivity index (χ1n) is 10.6. The van der Waals surface area contributed by atoms with Crippen LogP contribution in [0.3, 0.4) is 0 Å². The van der Waals surface area contributed by atoms with Crippen LogP contribution < -0.4 is 0 Å².